The molecule has 32 heavy (non-hydrogen) atoms. The van der Waals surface area contributed by atoms with Gasteiger partial charge in [0.05, 0.1) is 17.6 Å². The lowest BCUT2D eigenvalue weighted by Gasteiger charge is -2.11. The van der Waals surface area contributed by atoms with Crippen LogP contribution in [-0.4, -0.2) is 15.5 Å². The van der Waals surface area contributed by atoms with Crippen molar-refractivity contribution in [2.75, 3.05) is 0 Å². The number of para-hydroxylation sites is 2. The van der Waals surface area contributed by atoms with Crippen LogP contribution in [0.25, 0.3) is 11.0 Å². The number of nitrogens with zero attached hydrogens (tertiary/aromatic N) is 2. The van der Waals surface area contributed by atoms with Crippen LogP contribution in [0, 0.1) is 6.92 Å². The summed E-state index contributed by atoms with van der Waals surface area (Å²) in [6.07, 6.45) is 13.3. The number of imidazole rings is 1. The van der Waals surface area contributed by atoms with Crippen molar-refractivity contribution in [3.63, 3.8) is 0 Å². The van der Waals surface area contributed by atoms with Crippen LogP contribution in [0.2, 0.25) is 0 Å². The molecular weight excluding hydrogens is 394 g/mol. The molecule has 1 heterocycles. The fourth-order valence-corrected chi connectivity index (χ4v) is 4.35. The first-order valence-electron chi connectivity index (χ1n) is 12.5. The Hall–Kier alpha value is -2.62. The Morgan fingerprint density at radius 1 is 0.844 bits per heavy atom. The predicted molar refractivity (Wildman–Crippen MR) is 134 cm³/mol. The molecule has 1 aromatic heterocycles. The highest BCUT2D eigenvalue weighted by Gasteiger charge is 2.13. The van der Waals surface area contributed by atoms with Gasteiger partial charge in [-0.1, -0.05) is 95.0 Å². The molecular formula is C28H39N3O. The summed E-state index contributed by atoms with van der Waals surface area (Å²) in [5.41, 5.74) is 3.87. The summed E-state index contributed by atoms with van der Waals surface area (Å²) in [6.45, 7) is 5.63. The average molecular weight is 434 g/mol. The van der Waals surface area contributed by atoms with E-state index in [1.54, 1.807) is 0 Å². The van der Waals surface area contributed by atoms with E-state index in [2.05, 4.69) is 35.0 Å². The number of benzene rings is 2. The van der Waals surface area contributed by atoms with Crippen LogP contribution >= 0.6 is 0 Å². The molecule has 0 unspecified atom stereocenters. The van der Waals surface area contributed by atoms with Crippen LogP contribution in [0.5, 0.6) is 0 Å². The molecule has 3 rings (SSSR count). The van der Waals surface area contributed by atoms with Crippen LogP contribution in [0.15, 0.2) is 48.5 Å². The van der Waals surface area contributed by atoms with Crippen molar-refractivity contribution in [1.82, 2.24) is 14.9 Å². The number of hydrogen-bond acceptors (Lipinski definition) is 2. The predicted octanol–water partition coefficient (Wildman–Crippen LogP) is 7.20. The molecule has 0 aliphatic carbocycles. The second-order valence-electron chi connectivity index (χ2n) is 8.85. The summed E-state index contributed by atoms with van der Waals surface area (Å²) in [5.74, 6) is 0.893. The normalized spacial score (nSPS) is 11.2. The van der Waals surface area contributed by atoms with Crippen LogP contribution in [0.1, 0.15) is 92.9 Å². The largest absolute Gasteiger partial charge is 0.345 e. The maximum atomic E-state index is 12.7. The smallest absolute Gasteiger partial charge is 0.251 e. The first-order chi connectivity index (χ1) is 15.7. The van der Waals surface area contributed by atoms with Crippen molar-refractivity contribution in [2.24, 2.45) is 0 Å². The average Bonchev–Trinajstić information content (AvgIpc) is 3.16. The van der Waals surface area contributed by atoms with Gasteiger partial charge >= 0.3 is 0 Å². The van der Waals surface area contributed by atoms with Gasteiger partial charge in [-0.2, -0.15) is 0 Å². The van der Waals surface area contributed by atoms with Gasteiger partial charge in [0.1, 0.15) is 5.82 Å². The molecule has 3 aromatic rings. The molecule has 4 nitrogen and oxygen atoms in total. The molecule has 0 saturated carbocycles. The van der Waals surface area contributed by atoms with E-state index in [-0.39, 0.29) is 5.91 Å². The first kappa shape index (κ1) is 24.0. The number of fused-ring (bicyclic) bond motifs is 1. The van der Waals surface area contributed by atoms with Crippen molar-refractivity contribution in [3.8, 4) is 0 Å². The van der Waals surface area contributed by atoms with E-state index in [0.29, 0.717) is 6.54 Å². The number of aromatic nitrogens is 2. The quantitative estimate of drug-likeness (QED) is 0.273. The van der Waals surface area contributed by atoms with E-state index < -0.39 is 0 Å². The standard InChI is InChI=1S/C28H39N3O/c1-3-4-5-6-7-8-9-10-11-16-21-31-26-20-15-14-19-25(26)30-27(31)22-29-28(32)24-18-13-12-17-23(24)2/h12-15,17-20H,3-11,16,21-22H2,1-2H3,(H,29,32). The van der Waals surface area contributed by atoms with Crippen LogP contribution in [0.4, 0.5) is 0 Å². The number of aryl methyl sites for hydroxylation is 2. The fourth-order valence-electron chi connectivity index (χ4n) is 4.35. The zero-order chi connectivity index (χ0) is 22.6. The summed E-state index contributed by atoms with van der Waals surface area (Å²) in [5, 5.41) is 3.07. The molecule has 4 heteroatoms. The third-order valence-corrected chi connectivity index (χ3v) is 6.27. The molecule has 0 aliphatic rings. The number of amides is 1. The minimum absolute atomic E-state index is 0.0411. The lowest BCUT2D eigenvalue weighted by molar-refractivity contribution is 0.0949. The maximum absolute atomic E-state index is 12.7. The summed E-state index contributed by atoms with van der Waals surface area (Å²) in [6, 6.07) is 16.0. The number of rotatable bonds is 14. The third kappa shape index (κ3) is 6.94. The van der Waals surface area contributed by atoms with Gasteiger partial charge in [-0.25, -0.2) is 4.98 Å². The second-order valence-corrected chi connectivity index (χ2v) is 8.85. The summed E-state index contributed by atoms with van der Waals surface area (Å²) in [4.78, 5) is 17.5. The lowest BCUT2D eigenvalue weighted by Crippen LogP contribution is -2.25. The highest BCUT2D eigenvalue weighted by molar-refractivity contribution is 5.95. The number of carbonyl (C=O) groups excluding carboxylic acids is 1. The Kier molecular flexibility index (Phi) is 9.80. The zero-order valence-electron chi connectivity index (χ0n) is 19.9. The van der Waals surface area contributed by atoms with Crippen molar-refractivity contribution in [3.05, 3.63) is 65.5 Å². The lowest BCUT2D eigenvalue weighted by atomic mass is 10.1. The van der Waals surface area contributed by atoms with Gasteiger partial charge in [-0.15, -0.1) is 0 Å². The maximum Gasteiger partial charge on any atom is 0.251 e. The second kappa shape index (κ2) is 13.0. The van der Waals surface area contributed by atoms with E-state index in [1.807, 2.05) is 37.3 Å². The minimum atomic E-state index is -0.0411. The summed E-state index contributed by atoms with van der Waals surface area (Å²) < 4.78 is 2.29. The van der Waals surface area contributed by atoms with E-state index in [9.17, 15) is 4.79 Å². The van der Waals surface area contributed by atoms with Crippen molar-refractivity contribution >= 4 is 16.9 Å². The van der Waals surface area contributed by atoms with E-state index in [0.717, 1.165) is 41.0 Å². The molecule has 172 valence electrons. The van der Waals surface area contributed by atoms with Crippen LogP contribution in [-0.2, 0) is 13.1 Å². The van der Waals surface area contributed by atoms with Gasteiger partial charge < -0.3 is 9.88 Å². The topological polar surface area (TPSA) is 46.9 Å². The Morgan fingerprint density at radius 3 is 2.19 bits per heavy atom. The molecule has 1 N–H and O–H groups in total. The van der Waals surface area contributed by atoms with Crippen molar-refractivity contribution in [1.29, 1.82) is 0 Å². The van der Waals surface area contributed by atoms with Crippen LogP contribution in [0.3, 0.4) is 0 Å². The van der Waals surface area contributed by atoms with Crippen LogP contribution < -0.4 is 5.32 Å². The molecule has 0 bridgehead atoms. The monoisotopic (exact) mass is 433 g/mol. The van der Waals surface area contributed by atoms with E-state index in [4.69, 9.17) is 4.98 Å². The molecule has 0 spiro atoms. The molecule has 0 aliphatic heterocycles. The number of carbonyl (C=O) groups is 1. The van der Waals surface area contributed by atoms with Gasteiger partial charge in [-0.3, -0.25) is 4.79 Å². The Bertz CT molecular complexity index is 976. The van der Waals surface area contributed by atoms with Gasteiger partial charge in [0.2, 0.25) is 0 Å². The molecule has 2 aromatic carbocycles. The van der Waals surface area contributed by atoms with Gasteiger partial charge in [-0.05, 0) is 37.1 Å². The first-order valence-corrected chi connectivity index (χ1v) is 12.5. The van der Waals surface area contributed by atoms with Gasteiger partial charge in [0.15, 0.2) is 0 Å². The number of nitrogens with one attached hydrogen (secondary N) is 1. The van der Waals surface area contributed by atoms with Gasteiger partial charge in [0.25, 0.3) is 5.91 Å². The van der Waals surface area contributed by atoms with Gasteiger partial charge in [0, 0.05) is 12.1 Å². The van der Waals surface area contributed by atoms with E-state index >= 15 is 0 Å². The molecule has 1 amide bonds. The molecule has 0 radical (unpaired) electrons. The zero-order valence-corrected chi connectivity index (χ0v) is 19.9. The fraction of sp³-hybridized carbons (Fsp3) is 0.500. The summed E-state index contributed by atoms with van der Waals surface area (Å²) in [7, 11) is 0. The van der Waals surface area contributed by atoms with Crippen molar-refractivity contribution in [2.45, 2.75) is 91.1 Å². The minimum Gasteiger partial charge on any atom is -0.345 e. The Labute approximate surface area is 193 Å². The Balaban J connectivity index is 1.51. The molecule has 0 fully saturated rings. The summed E-state index contributed by atoms with van der Waals surface area (Å²) >= 11 is 0. The third-order valence-electron chi connectivity index (χ3n) is 6.27. The molecule has 0 saturated heterocycles. The van der Waals surface area contributed by atoms with Crippen molar-refractivity contribution < 1.29 is 4.79 Å². The highest BCUT2D eigenvalue weighted by Crippen LogP contribution is 2.18. The van der Waals surface area contributed by atoms with E-state index in [1.165, 1.54) is 57.8 Å². The number of unbranched alkanes of at least 4 members (excludes halogenated alkanes) is 9. The SMILES string of the molecule is CCCCCCCCCCCCn1c(CNC(=O)c2ccccc2C)nc2ccccc21. The number of hydrogen-bond donors (Lipinski definition) is 1. The highest BCUT2D eigenvalue weighted by atomic mass is 16.1. The Morgan fingerprint density at radius 2 is 1.47 bits per heavy atom. The molecule has 0 atom stereocenters.